The van der Waals surface area contributed by atoms with Gasteiger partial charge in [0.2, 0.25) is 0 Å². The highest BCUT2D eigenvalue weighted by Gasteiger charge is 2.39. The van der Waals surface area contributed by atoms with E-state index in [-0.39, 0.29) is 6.67 Å². The van der Waals surface area contributed by atoms with Crippen LogP contribution in [0, 0.1) is 6.92 Å². The Bertz CT molecular complexity index is 133. The predicted molar refractivity (Wildman–Crippen MR) is 37.2 cm³/mol. The van der Waals surface area contributed by atoms with Crippen molar-refractivity contribution in [3.8, 4) is 0 Å². The summed E-state index contributed by atoms with van der Waals surface area (Å²) < 4.78 is 4.91. The number of nitrogens with one attached hydrogen (secondary N) is 1. The summed E-state index contributed by atoms with van der Waals surface area (Å²) >= 11 is 0. The predicted octanol–water partition coefficient (Wildman–Crippen LogP) is -2.35. The van der Waals surface area contributed by atoms with E-state index in [2.05, 4.69) is 5.32 Å². The topological polar surface area (TPSA) is 87.7 Å². The maximum Gasteiger partial charge on any atom is 0.138 e. The number of rotatable bonds is 2. The van der Waals surface area contributed by atoms with Gasteiger partial charge in [-0.15, -0.1) is 0 Å². The zero-order valence-corrected chi connectivity index (χ0v) is 5.97. The molecular weight excluding hydrogens is 148 g/mol. The molecule has 0 aromatic carbocycles. The van der Waals surface area contributed by atoms with Crippen LogP contribution in [-0.4, -0.2) is 41.4 Å². The van der Waals surface area contributed by atoms with Crippen LogP contribution in [0.3, 0.4) is 0 Å². The molecule has 1 rings (SSSR count). The summed E-state index contributed by atoms with van der Waals surface area (Å²) in [6.45, 7) is 5.44. The molecule has 5 N–H and O–H groups in total. The van der Waals surface area contributed by atoms with Gasteiger partial charge in [-0.2, -0.15) is 0 Å². The van der Waals surface area contributed by atoms with E-state index in [0.29, 0.717) is 0 Å². The summed E-state index contributed by atoms with van der Waals surface area (Å²) in [5, 5.41) is 20.9. The summed E-state index contributed by atoms with van der Waals surface area (Å²) in [7, 11) is 0. The van der Waals surface area contributed by atoms with Crippen molar-refractivity contribution in [2.24, 2.45) is 5.73 Å². The first kappa shape index (κ1) is 8.89. The second-order valence-corrected chi connectivity index (χ2v) is 2.41. The molecule has 0 aromatic rings. The Balaban J connectivity index is 2.45. The number of hydrogen-bond acceptors (Lipinski definition) is 5. The molecule has 5 heteroatoms. The van der Waals surface area contributed by atoms with Crippen LogP contribution in [-0.2, 0) is 4.74 Å². The Kier molecular flexibility index (Phi) is 2.80. The van der Waals surface area contributed by atoms with Crippen molar-refractivity contribution < 1.29 is 14.9 Å². The van der Waals surface area contributed by atoms with Gasteiger partial charge in [-0.1, -0.05) is 0 Å². The third kappa shape index (κ3) is 1.69. The molecule has 0 bridgehead atoms. The first-order valence-corrected chi connectivity index (χ1v) is 3.37. The number of aliphatic hydroxyl groups is 2. The highest BCUT2D eigenvalue weighted by Crippen LogP contribution is 2.18. The van der Waals surface area contributed by atoms with E-state index in [1.54, 1.807) is 0 Å². The van der Waals surface area contributed by atoms with E-state index < -0.39 is 24.5 Å². The maximum absolute atomic E-state index is 9.19. The Hall–Kier alpha value is -0.200. The van der Waals surface area contributed by atoms with Gasteiger partial charge in [0, 0.05) is 6.67 Å². The molecule has 1 fully saturated rings. The standard InChI is InChI=1S/C6H12N2O3/c1-3-4(9)5(10)6(11-3)8-2-7/h1,3-6,8-10H,2,7H2/t3-,4?,5+,6-/m0/s1. The minimum atomic E-state index is -1.04. The van der Waals surface area contributed by atoms with E-state index in [1.165, 1.54) is 0 Å². The first-order valence-electron chi connectivity index (χ1n) is 3.37. The van der Waals surface area contributed by atoms with Gasteiger partial charge < -0.3 is 20.7 Å². The van der Waals surface area contributed by atoms with Crippen LogP contribution in [0.2, 0.25) is 0 Å². The molecule has 4 atom stereocenters. The molecule has 1 heterocycles. The van der Waals surface area contributed by atoms with E-state index >= 15 is 0 Å². The smallest absolute Gasteiger partial charge is 0.138 e. The molecule has 0 saturated carbocycles. The minimum absolute atomic E-state index is 0.168. The quantitative estimate of drug-likeness (QED) is 0.340. The van der Waals surface area contributed by atoms with Crippen molar-refractivity contribution in [1.82, 2.24) is 5.32 Å². The van der Waals surface area contributed by atoms with Gasteiger partial charge >= 0.3 is 0 Å². The molecule has 11 heavy (non-hydrogen) atoms. The van der Waals surface area contributed by atoms with Crippen molar-refractivity contribution in [3.05, 3.63) is 6.92 Å². The zero-order valence-electron chi connectivity index (χ0n) is 5.97. The summed E-state index contributed by atoms with van der Waals surface area (Å²) in [6, 6.07) is 0. The molecule has 1 unspecified atom stereocenters. The second kappa shape index (κ2) is 3.46. The van der Waals surface area contributed by atoms with Gasteiger partial charge in [-0.05, 0) is 6.92 Å². The van der Waals surface area contributed by atoms with Crippen molar-refractivity contribution in [1.29, 1.82) is 0 Å². The highest BCUT2D eigenvalue weighted by atomic mass is 16.6. The average molecular weight is 160 g/mol. The lowest BCUT2D eigenvalue weighted by Gasteiger charge is -2.14. The van der Waals surface area contributed by atoms with Crippen LogP contribution in [0.25, 0.3) is 0 Å². The third-order valence-corrected chi connectivity index (χ3v) is 1.62. The van der Waals surface area contributed by atoms with Gasteiger partial charge in [0.05, 0.1) is 6.10 Å². The normalized spacial score (nSPS) is 44.7. The Morgan fingerprint density at radius 3 is 2.45 bits per heavy atom. The molecule has 2 radical (unpaired) electrons. The maximum atomic E-state index is 9.19. The molecule has 0 amide bonds. The molecule has 64 valence electrons. The Morgan fingerprint density at radius 1 is 1.45 bits per heavy atom. The van der Waals surface area contributed by atoms with E-state index in [4.69, 9.17) is 22.5 Å². The lowest BCUT2D eigenvalue weighted by atomic mass is 10.1. The van der Waals surface area contributed by atoms with Crippen LogP contribution in [0.15, 0.2) is 0 Å². The fourth-order valence-electron chi connectivity index (χ4n) is 0.989. The summed E-state index contributed by atoms with van der Waals surface area (Å²) in [6.07, 6.45) is -3.55. The average Bonchev–Trinajstić information content (AvgIpc) is 2.19. The van der Waals surface area contributed by atoms with Crippen LogP contribution < -0.4 is 11.1 Å². The molecule has 1 aliphatic heterocycles. The molecule has 0 spiro atoms. The van der Waals surface area contributed by atoms with Crippen LogP contribution in [0.1, 0.15) is 0 Å². The Labute approximate surface area is 65.1 Å². The number of nitrogens with two attached hydrogens (primary N) is 1. The summed E-state index contributed by atoms with van der Waals surface area (Å²) in [5.41, 5.74) is 5.14. The molecule has 5 nitrogen and oxygen atoms in total. The van der Waals surface area contributed by atoms with Gasteiger partial charge in [-0.3, -0.25) is 5.32 Å². The molecule has 1 aliphatic rings. The third-order valence-electron chi connectivity index (χ3n) is 1.62. The number of hydrogen-bond donors (Lipinski definition) is 4. The summed E-state index contributed by atoms with van der Waals surface area (Å²) in [5.74, 6) is 0. The molecule has 0 aliphatic carbocycles. The lowest BCUT2D eigenvalue weighted by Crippen LogP contribution is -2.43. The van der Waals surface area contributed by atoms with E-state index in [9.17, 15) is 5.11 Å². The van der Waals surface area contributed by atoms with Crippen molar-refractivity contribution in [3.63, 3.8) is 0 Å². The van der Waals surface area contributed by atoms with Crippen molar-refractivity contribution in [2.45, 2.75) is 24.5 Å². The summed E-state index contributed by atoms with van der Waals surface area (Å²) in [4.78, 5) is 0. The van der Waals surface area contributed by atoms with Crippen LogP contribution in [0.5, 0.6) is 0 Å². The van der Waals surface area contributed by atoms with Crippen molar-refractivity contribution in [2.75, 3.05) is 6.67 Å². The number of ether oxygens (including phenoxy) is 1. The Morgan fingerprint density at radius 2 is 2.09 bits per heavy atom. The monoisotopic (exact) mass is 160 g/mol. The van der Waals surface area contributed by atoms with E-state index in [1.807, 2.05) is 0 Å². The minimum Gasteiger partial charge on any atom is -0.388 e. The van der Waals surface area contributed by atoms with Crippen LogP contribution >= 0.6 is 0 Å². The first-order chi connectivity index (χ1) is 5.16. The fraction of sp³-hybridized carbons (Fsp3) is 0.833. The van der Waals surface area contributed by atoms with Gasteiger partial charge in [0.1, 0.15) is 18.4 Å². The molecular formula is C6H12N2O3. The largest absolute Gasteiger partial charge is 0.388 e. The van der Waals surface area contributed by atoms with E-state index in [0.717, 1.165) is 0 Å². The molecule has 0 aromatic heterocycles. The lowest BCUT2D eigenvalue weighted by molar-refractivity contribution is 0.000575. The second-order valence-electron chi connectivity index (χ2n) is 2.41. The highest BCUT2D eigenvalue weighted by molar-refractivity contribution is 4.90. The van der Waals surface area contributed by atoms with Gasteiger partial charge in [0.25, 0.3) is 0 Å². The van der Waals surface area contributed by atoms with Crippen molar-refractivity contribution >= 4 is 0 Å². The fourth-order valence-corrected chi connectivity index (χ4v) is 0.989. The number of aliphatic hydroxyl groups excluding tert-OH is 2. The molecule has 1 saturated heterocycles. The van der Waals surface area contributed by atoms with Gasteiger partial charge in [-0.25, -0.2) is 0 Å². The van der Waals surface area contributed by atoms with Crippen LogP contribution in [0.4, 0.5) is 0 Å². The zero-order chi connectivity index (χ0) is 8.43. The van der Waals surface area contributed by atoms with Gasteiger partial charge in [0.15, 0.2) is 0 Å². The SMILES string of the molecule is [CH][C@@H]1O[C@H](NCN)[C@H](O)C1O.